The molecule has 0 aromatic carbocycles. The Morgan fingerprint density at radius 3 is 2.65 bits per heavy atom. The molecule has 7 heteroatoms. The Hall–Kier alpha value is -1.60. The van der Waals surface area contributed by atoms with Gasteiger partial charge >= 0.3 is 6.03 Å². The molecule has 2 aliphatic rings. The maximum Gasteiger partial charge on any atom is 0.315 e. The summed E-state index contributed by atoms with van der Waals surface area (Å²) in [6.45, 7) is 2.35. The topological polar surface area (TPSA) is 99.7 Å². The highest BCUT2D eigenvalue weighted by Crippen LogP contribution is 2.19. The third kappa shape index (κ3) is 5.51. The molecule has 2 rings (SSSR count). The summed E-state index contributed by atoms with van der Waals surface area (Å²) in [4.78, 5) is 23.6. The monoisotopic (exact) mass is 325 g/mol. The van der Waals surface area contributed by atoms with Crippen LogP contribution in [-0.2, 0) is 9.53 Å². The summed E-state index contributed by atoms with van der Waals surface area (Å²) < 4.78 is 5.72. The van der Waals surface area contributed by atoms with Crippen LogP contribution in [0.2, 0.25) is 0 Å². The van der Waals surface area contributed by atoms with Crippen molar-refractivity contribution in [2.75, 3.05) is 13.2 Å². The maximum atomic E-state index is 11.9. The second kappa shape index (κ2) is 8.88. The predicted molar refractivity (Wildman–Crippen MR) is 85.9 cm³/mol. The van der Waals surface area contributed by atoms with Gasteiger partial charge in [-0.2, -0.15) is 0 Å². The molecule has 3 amide bonds. The fraction of sp³-hybridized carbons (Fsp3) is 0.750. The summed E-state index contributed by atoms with van der Waals surface area (Å²) in [6, 6.07) is -0.382. The second-order valence-corrected chi connectivity index (χ2v) is 6.11. The van der Waals surface area contributed by atoms with Crippen LogP contribution in [0.25, 0.3) is 0 Å². The van der Waals surface area contributed by atoms with Gasteiger partial charge < -0.3 is 25.8 Å². The lowest BCUT2D eigenvalue weighted by atomic mass is 9.93. The van der Waals surface area contributed by atoms with Crippen molar-refractivity contribution in [2.24, 2.45) is 0 Å². The lowest BCUT2D eigenvalue weighted by molar-refractivity contribution is -0.126. The van der Waals surface area contributed by atoms with E-state index < -0.39 is 12.1 Å². The number of aliphatic hydroxyl groups is 1. The number of urea groups is 1. The van der Waals surface area contributed by atoms with Crippen molar-refractivity contribution in [3.63, 3.8) is 0 Å². The molecule has 0 radical (unpaired) electrons. The number of ether oxygens (including phenoxy) is 1. The van der Waals surface area contributed by atoms with Gasteiger partial charge in [-0.05, 0) is 25.7 Å². The lowest BCUT2D eigenvalue weighted by Gasteiger charge is -2.32. The Labute approximate surface area is 136 Å². The van der Waals surface area contributed by atoms with Crippen LogP contribution in [-0.4, -0.2) is 54.5 Å². The quantitative estimate of drug-likeness (QED) is 0.510. The third-order valence-corrected chi connectivity index (χ3v) is 4.15. The number of amides is 3. The zero-order chi connectivity index (χ0) is 16.7. The van der Waals surface area contributed by atoms with Gasteiger partial charge in [-0.15, -0.1) is 0 Å². The average molecular weight is 325 g/mol. The summed E-state index contributed by atoms with van der Waals surface area (Å²) in [5.74, 6) is -0.0341. The molecule has 1 saturated carbocycles. The Morgan fingerprint density at radius 1 is 1.26 bits per heavy atom. The molecular weight excluding hydrogens is 298 g/mol. The van der Waals surface area contributed by atoms with Crippen molar-refractivity contribution in [1.82, 2.24) is 16.0 Å². The minimum absolute atomic E-state index is 0.0341. The van der Waals surface area contributed by atoms with E-state index in [0.717, 1.165) is 19.3 Å². The summed E-state index contributed by atoms with van der Waals surface area (Å²) in [5, 5.41) is 17.9. The average Bonchev–Trinajstić information content (AvgIpc) is 2.50. The van der Waals surface area contributed by atoms with Crippen LogP contribution < -0.4 is 16.0 Å². The Bertz CT molecular complexity index is 437. The van der Waals surface area contributed by atoms with Crippen molar-refractivity contribution in [1.29, 1.82) is 0 Å². The van der Waals surface area contributed by atoms with Crippen molar-refractivity contribution in [2.45, 2.75) is 63.3 Å². The SMILES string of the molecule is CCCNC(=O)N[C@@H]1C=C[C@H](CC(=O)NC2CCC2)O[C@H]1CO. The number of carbonyl (C=O) groups is 2. The minimum Gasteiger partial charge on any atom is -0.394 e. The first-order valence-corrected chi connectivity index (χ1v) is 8.40. The highest BCUT2D eigenvalue weighted by Gasteiger charge is 2.29. The van der Waals surface area contributed by atoms with Crippen LogP contribution in [0, 0.1) is 0 Å². The van der Waals surface area contributed by atoms with Gasteiger partial charge in [-0.25, -0.2) is 4.79 Å². The van der Waals surface area contributed by atoms with E-state index >= 15 is 0 Å². The van der Waals surface area contributed by atoms with Gasteiger partial charge in [0.2, 0.25) is 5.91 Å². The first-order valence-electron chi connectivity index (χ1n) is 8.40. The molecule has 0 saturated heterocycles. The van der Waals surface area contributed by atoms with E-state index in [1.54, 1.807) is 12.2 Å². The van der Waals surface area contributed by atoms with E-state index in [1.165, 1.54) is 6.42 Å². The Balaban J connectivity index is 1.80. The zero-order valence-electron chi connectivity index (χ0n) is 13.6. The number of carbonyl (C=O) groups excluding carboxylic acids is 2. The smallest absolute Gasteiger partial charge is 0.315 e. The number of nitrogens with one attached hydrogen (secondary N) is 3. The first-order chi connectivity index (χ1) is 11.1. The summed E-state index contributed by atoms with van der Waals surface area (Å²) in [7, 11) is 0. The van der Waals surface area contributed by atoms with Gasteiger partial charge in [0.1, 0.15) is 6.10 Å². The van der Waals surface area contributed by atoms with E-state index in [2.05, 4.69) is 16.0 Å². The Morgan fingerprint density at radius 2 is 2.04 bits per heavy atom. The summed E-state index contributed by atoms with van der Waals surface area (Å²) in [6.07, 6.45) is 7.00. The van der Waals surface area contributed by atoms with Crippen molar-refractivity contribution in [3.05, 3.63) is 12.2 Å². The largest absolute Gasteiger partial charge is 0.394 e. The van der Waals surface area contributed by atoms with Crippen LogP contribution in [0.15, 0.2) is 12.2 Å². The summed E-state index contributed by atoms with van der Waals surface area (Å²) in [5.41, 5.74) is 0. The molecule has 0 unspecified atom stereocenters. The maximum absolute atomic E-state index is 11.9. The molecular formula is C16H27N3O4. The van der Waals surface area contributed by atoms with E-state index in [1.807, 2.05) is 6.92 Å². The van der Waals surface area contributed by atoms with E-state index in [-0.39, 0.29) is 31.1 Å². The minimum atomic E-state index is -0.547. The standard InChI is InChI=1S/C16H27N3O4/c1-2-8-17-16(22)19-13-7-6-12(23-14(13)10-20)9-15(21)18-11-4-3-5-11/h6-7,11-14,20H,2-5,8-10H2,1H3,(H,18,21)(H2,17,19,22)/t12-,13-,14+/m1/s1. The van der Waals surface area contributed by atoms with Crippen molar-refractivity contribution >= 4 is 11.9 Å². The molecule has 0 bridgehead atoms. The zero-order valence-corrected chi connectivity index (χ0v) is 13.6. The molecule has 23 heavy (non-hydrogen) atoms. The van der Waals surface area contributed by atoms with E-state index in [9.17, 15) is 14.7 Å². The van der Waals surface area contributed by atoms with Crippen LogP contribution >= 0.6 is 0 Å². The number of aliphatic hydroxyl groups excluding tert-OH is 1. The molecule has 4 N–H and O–H groups in total. The van der Waals surface area contributed by atoms with Crippen LogP contribution in [0.3, 0.4) is 0 Å². The van der Waals surface area contributed by atoms with Gasteiger partial charge in [0, 0.05) is 12.6 Å². The molecule has 0 aromatic rings. The summed E-state index contributed by atoms with van der Waals surface area (Å²) >= 11 is 0. The highest BCUT2D eigenvalue weighted by atomic mass is 16.5. The molecule has 1 heterocycles. The van der Waals surface area contributed by atoms with Gasteiger partial charge in [-0.1, -0.05) is 19.1 Å². The van der Waals surface area contributed by atoms with E-state index in [0.29, 0.717) is 12.6 Å². The normalized spacial score (nSPS) is 27.1. The van der Waals surface area contributed by atoms with Crippen LogP contribution in [0.5, 0.6) is 0 Å². The van der Waals surface area contributed by atoms with Gasteiger partial charge in [0.25, 0.3) is 0 Å². The molecule has 7 nitrogen and oxygen atoms in total. The predicted octanol–water partition coefficient (Wildman–Crippen LogP) is 0.439. The lowest BCUT2D eigenvalue weighted by Crippen LogP contribution is -2.52. The molecule has 1 aliphatic heterocycles. The first kappa shape index (κ1) is 17.7. The third-order valence-electron chi connectivity index (χ3n) is 4.15. The van der Waals surface area contributed by atoms with Crippen molar-refractivity contribution < 1.29 is 19.4 Å². The van der Waals surface area contributed by atoms with Crippen LogP contribution in [0.4, 0.5) is 4.79 Å². The van der Waals surface area contributed by atoms with Gasteiger partial charge in [-0.3, -0.25) is 4.79 Å². The fourth-order valence-corrected chi connectivity index (χ4v) is 2.60. The number of hydrogen-bond acceptors (Lipinski definition) is 4. The van der Waals surface area contributed by atoms with Gasteiger partial charge in [0.15, 0.2) is 0 Å². The number of rotatable bonds is 7. The molecule has 0 spiro atoms. The molecule has 1 aliphatic carbocycles. The Kier molecular flexibility index (Phi) is 6.85. The van der Waals surface area contributed by atoms with E-state index in [4.69, 9.17) is 4.74 Å². The second-order valence-electron chi connectivity index (χ2n) is 6.11. The molecule has 130 valence electrons. The van der Waals surface area contributed by atoms with Crippen molar-refractivity contribution in [3.8, 4) is 0 Å². The van der Waals surface area contributed by atoms with Crippen LogP contribution in [0.1, 0.15) is 39.0 Å². The number of hydrogen-bond donors (Lipinski definition) is 4. The highest BCUT2D eigenvalue weighted by molar-refractivity contribution is 5.77. The van der Waals surface area contributed by atoms with Gasteiger partial charge in [0.05, 0.1) is 25.2 Å². The fourth-order valence-electron chi connectivity index (χ4n) is 2.60. The molecule has 0 aromatic heterocycles. The molecule has 3 atom stereocenters. The molecule has 1 fully saturated rings.